The number of hydrogen-bond donors (Lipinski definition) is 0. The molecular formula is C12H11BrClF3O2. The van der Waals surface area contributed by atoms with Crippen LogP contribution in [0.25, 0.3) is 0 Å². The lowest BCUT2D eigenvalue weighted by Crippen LogP contribution is -2.15. The van der Waals surface area contributed by atoms with Crippen molar-refractivity contribution in [3.8, 4) is 11.5 Å². The minimum absolute atomic E-state index is 0.0805. The molecule has 0 spiro atoms. The molecule has 0 aromatic heterocycles. The molecule has 0 saturated carbocycles. The zero-order valence-electron chi connectivity index (χ0n) is 9.77. The Kier molecular flexibility index (Phi) is 4.50. The minimum Gasteiger partial charge on any atom is -0.486 e. The quantitative estimate of drug-likeness (QED) is 0.715. The normalized spacial score (nSPS) is 16.3. The van der Waals surface area contributed by atoms with Crippen LogP contribution in [-0.2, 0) is 0 Å². The monoisotopic (exact) mass is 358 g/mol. The zero-order chi connectivity index (χ0) is 14.0. The second kappa shape index (κ2) is 5.79. The zero-order valence-corrected chi connectivity index (χ0v) is 12.1. The second-order valence-electron chi connectivity index (χ2n) is 4.14. The number of rotatable bonds is 3. The number of ether oxygens (including phenoxy) is 2. The van der Waals surface area contributed by atoms with Gasteiger partial charge in [0.1, 0.15) is 13.2 Å². The predicted molar refractivity (Wildman–Crippen MR) is 69.4 cm³/mol. The van der Waals surface area contributed by atoms with E-state index in [-0.39, 0.29) is 6.42 Å². The van der Waals surface area contributed by atoms with Gasteiger partial charge in [-0.3, -0.25) is 0 Å². The Bertz CT molecular complexity index is 465. The van der Waals surface area contributed by atoms with Crippen LogP contribution in [0.1, 0.15) is 23.2 Å². The summed E-state index contributed by atoms with van der Waals surface area (Å²) >= 11 is 9.30. The summed E-state index contributed by atoms with van der Waals surface area (Å²) in [5.41, 5.74) is 0.579. The van der Waals surface area contributed by atoms with Gasteiger partial charge in [0.05, 0.1) is 0 Å². The fourth-order valence-electron chi connectivity index (χ4n) is 1.77. The lowest BCUT2D eigenvalue weighted by atomic mass is 10.1. The van der Waals surface area contributed by atoms with Crippen molar-refractivity contribution in [2.24, 2.45) is 0 Å². The number of fused-ring (bicyclic) bond motifs is 1. The van der Waals surface area contributed by atoms with E-state index in [0.29, 0.717) is 35.3 Å². The van der Waals surface area contributed by atoms with E-state index in [9.17, 15) is 13.2 Å². The molecule has 1 aromatic rings. The molecule has 0 amide bonds. The third-order valence-corrected chi connectivity index (χ3v) is 3.96. The van der Waals surface area contributed by atoms with Gasteiger partial charge in [0, 0.05) is 22.3 Å². The van der Waals surface area contributed by atoms with Crippen LogP contribution in [-0.4, -0.2) is 19.4 Å². The molecule has 0 N–H and O–H groups in total. The first kappa shape index (κ1) is 14.8. The Hall–Kier alpha value is -0.620. The van der Waals surface area contributed by atoms with E-state index in [0.717, 1.165) is 0 Å². The molecule has 0 fully saturated rings. The van der Waals surface area contributed by atoms with Gasteiger partial charge in [0.2, 0.25) is 0 Å². The highest BCUT2D eigenvalue weighted by Crippen LogP contribution is 2.42. The molecular weight excluding hydrogens is 348 g/mol. The Balaban J connectivity index is 2.15. The molecule has 0 saturated heterocycles. The molecule has 106 valence electrons. The van der Waals surface area contributed by atoms with Crippen molar-refractivity contribution < 1.29 is 22.6 Å². The molecule has 1 unspecified atom stereocenters. The molecule has 0 radical (unpaired) electrons. The largest absolute Gasteiger partial charge is 0.486 e. The Morgan fingerprint density at radius 2 is 1.79 bits per heavy atom. The first-order valence-electron chi connectivity index (χ1n) is 5.66. The minimum atomic E-state index is -4.17. The summed E-state index contributed by atoms with van der Waals surface area (Å²) in [5.74, 6) is 1.04. The van der Waals surface area contributed by atoms with Crippen molar-refractivity contribution in [2.45, 2.75) is 23.8 Å². The molecule has 1 aliphatic heterocycles. The second-order valence-corrected chi connectivity index (χ2v) is 5.65. The molecule has 0 bridgehead atoms. The molecule has 7 heteroatoms. The molecule has 1 aliphatic rings. The summed E-state index contributed by atoms with van der Waals surface area (Å²) in [4.78, 5) is -0.475. The maximum Gasteiger partial charge on any atom is 0.389 e. The fraction of sp³-hybridized carbons (Fsp3) is 0.500. The predicted octanol–water partition coefficient (Wildman–Crippen LogP) is 4.89. The van der Waals surface area contributed by atoms with Crippen LogP contribution in [0.3, 0.4) is 0 Å². The number of hydrogen-bond acceptors (Lipinski definition) is 2. The van der Waals surface area contributed by atoms with Crippen LogP contribution in [0.15, 0.2) is 12.1 Å². The molecule has 0 aliphatic carbocycles. The Morgan fingerprint density at radius 1 is 1.21 bits per heavy atom. The van der Waals surface area contributed by atoms with E-state index in [1.54, 1.807) is 12.1 Å². The topological polar surface area (TPSA) is 18.5 Å². The van der Waals surface area contributed by atoms with E-state index < -0.39 is 17.4 Å². The van der Waals surface area contributed by atoms with Crippen molar-refractivity contribution >= 4 is 27.5 Å². The van der Waals surface area contributed by atoms with Crippen LogP contribution in [0.4, 0.5) is 13.2 Å². The van der Waals surface area contributed by atoms with Crippen molar-refractivity contribution in [2.75, 3.05) is 13.2 Å². The van der Waals surface area contributed by atoms with Crippen LogP contribution in [0, 0.1) is 0 Å². The molecule has 19 heavy (non-hydrogen) atoms. The molecule has 1 heterocycles. The standard InChI is InChI=1S/C12H11BrClF3O2/c13-8(1-2-12(15,16)17)7-5-10-11(6-9(7)14)19-4-3-18-10/h5-6,8H,1-4H2. The van der Waals surface area contributed by atoms with E-state index in [2.05, 4.69) is 15.9 Å². The summed E-state index contributed by atoms with van der Waals surface area (Å²) in [6.45, 7) is 0.859. The number of halogens is 5. The average Bonchev–Trinajstić information content (AvgIpc) is 2.34. The lowest BCUT2D eigenvalue weighted by molar-refractivity contribution is -0.135. The highest BCUT2D eigenvalue weighted by Gasteiger charge is 2.29. The van der Waals surface area contributed by atoms with E-state index in [1.165, 1.54) is 0 Å². The van der Waals surface area contributed by atoms with Gasteiger partial charge in [0.25, 0.3) is 0 Å². The van der Waals surface area contributed by atoms with Gasteiger partial charge in [-0.1, -0.05) is 27.5 Å². The SMILES string of the molecule is FC(F)(F)CCC(Br)c1cc2c(cc1Cl)OCCO2. The van der Waals surface area contributed by atoms with Crippen LogP contribution >= 0.6 is 27.5 Å². The summed E-state index contributed by atoms with van der Waals surface area (Å²) in [6.07, 6.45) is -5.12. The maximum absolute atomic E-state index is 12.2. The lowest BCUT2D eigenvalue weighted by Gasteiger charge is -2.21. The van der Waals surface area contributed by atoms with Crippen LogP contribution in [0.5, 0.6) is 11.5 Å². The van der Waals surface area contributed by atoms with E-state index in [4.69, 9.17) is 21.1 Å². The summed E-state index contributed by atoms with van der Waals surface area (Å²) in [5, 5.41) is 0.369. The third-order valence-electron chi connectivity index (χ3n) is 2.68. The summed E-state index contributed by atoms with van der Waals surface area (Å²) in [6, 6.07) is 3.21. The first-order chi connectivity index (χ1) is 8.87. The van der Waals surface area contributed by atoms with Crippen LogP contribution in [0.2, 0.25) is 5.02 Å². The highest BCUT2D eigenvalue weighted by atomic mass is 79.9. The van der Waals surface area contributed by atoms with Crippen LogP contribution < -0.4 is 9.47 Å². The van der Waals surface area contributed by atoms with E-state index in [1.807, 2.05) is 0 Å². The van der Waals surface area contributed by atoms with Crippen molar-refractivity contribution in [1.82, 2.24) is 0 Å². The molecule has 2 nitrogen and oxygen atoms in total. The smallest absolute Gasteiger partial charge is 0.389 e. The van der Waals surface area contributed by atoms with Gasteiger partial charge >= 0.3 is 6.18 Å². The van der Waals surface area contributed by atoms with Gasteiger partial charge < -0.3 is 9.47 Å². The molecule has 1 atom stereocenters. The fourth-order valence-corrected chi connectivity index (χ4v) is 2.79. The summed E-state index contributed by atoms with van der Waals surface area (Å²) in [7, 11) is 0. The highest BCUT2D eigenvalue weighted by molar-refractivity contribution is 9.09. The average molecular weight is 360 g/mol. The Morgan fingerprint density at radius 3 is 2.37 bits per heavy atom. The van der Waals surface area contributed by atoms with Gasteiger partial charge in [-0.15, -0.1) is 0 Å². The van der Waals surface area contributed by atoms with Gasteiger partial charge in [0.15, 0.2) is 11.5 Å². The van der Waals surface area contributed by atoms with E-state index >= 15 is 0 Å². The van der Waals surface area contributed by atoms with Gasteiger partial charge in [-0.2, -0.15) is 13.2 Å². The maximum atomic E-state index is 12.2. The number of alkyl halides is 4. The van der Waals surface area contributed by atoms with Crippen molar-refractivity contribution in [3.63, 3.8) is 0 Å². The molecule has 2 rings (SSSR count). The third kappa shape index (κ3) is 3.92. The Labute approximate surface area is 122 Å². The van der Waals surface area contributed by atoms with Crippen molar-refractivity contribution in [3.05, 3.63) is 22.7 Å². The number of benzene rings is 1. The van der Waals surface area contributed by atoms with Crippen molar-refractivity contribution in [1.29, 1.82) is 0 Å². The van der Waals surface area contributed by atoms with Gasteiger partial charge in [-0.25, -0.2) is 0 Å². The van der Waals surface area contributed by atoms with Gasteiger partial charge in [-0.05, 0) is 18.1 Å². The summed E-state index contributed by atoms with van der Waals surface area (Å²) < 4.78 is 47.4. The molecule has 1 aromatic carbocycles. The first-order valence-corrected chi connectivity index (χ1v) is 6.96.